The zero-order valence-electron chi connectivity index (χ0n) is 11.8. The van der Waals surface area contributed by atoms with Gasteiger partial charge in [-0.25, -0.2) is 0 Å². The monoisotopic (exact) mass is 264 g/mol. The van der Waals surface area contributed by atoms with E-state index in [2.05, 4.69) is 0 Å². The molecule has 0 bridgehead atoms. The van der Waals surface area contributed by atoms with Crippen molar-refractivity contribution in [3.05, 3.63) is 29.8 Å². The lowest BCUT2D eigenvalue weighted by Gasteiger charge is -2.22. The summed E-state index contributed by atoms with van der Waals surface area (Å²) < 4.78 is 5.64. The fourth-order valence-corrected chi connectivity index (χ4v) is 1.72. The fraction of sp³-hybridized carbons (Fsp3) is 0.533. The molecule has 0 aromatic heterocycles. The lowest BCUT2D eigenvalue weighted by Crippen LogP contribution is -2.31. The van der Waals surface area contributed by atoms with Crippen molar-refractivity contribution in [3.8, 4) is 5.75 Å². The molecule has 1 rings (SSSR count). The highest BCUT2D eigenvalue weighted by Crippen LogP contribution is 2.22. The number of nitrogens with one attached hydrogen (secondary N) is 1. The molecule has 0 radical (unpaired) electrons. The highest BCUT2D eigenvalue weighted by Gasteiger charge is 2.20. The molecule has 0 aliphatic carbocycles. The number of ether oxygens (including phenoxy) is 1. The standard InChI is InChI=1S/C15H24N2O2/c1-15(2,14(16)17)9-3-11-19-13-6-4-12(5-7-13)8-10-18/h4-7,18H,3,8-11H2,1-2H3,(H3,16,17). The second-order valence-electron chi connectivity index (χ2n) is 5.37. The first kappa shape index (κ1) is 15.5. The molecule has 4 heteroatoms. The molecule has 4 nitrogen and oxygen atoms in total. The van der Waals surface area contributed by atoms with Gasteiger partial charge in [-0.1, -0.05) is 26.0 Å². The number of amidine groups is 1. The Morgan fingerprint density at radius 3 is 2.47 bits per heavy atom. The van der Waals surface area contributed by atoms with Crippen molar-refractivity contribution in [1.82, 2.24) is 0 Å². The van der Waals surface area contributed by atoms with Crippen LogP contribution in [0.4, 0.5) is 0 Å². The summed E-state index contributed by atoms with van der Waals surface area (Å²) in [6.07, 6.45) is 2.38. The summed E-state index contributed by atoms with van der Waals surface area (Å²) in [4.78, 5) is 0. The van der Waals surface area contributed by atoms with E-state index in [-0.39, 0.29) is 17.9 Å². The fourth-order valence-electron chi connectivity index (χ4n) is 1.72. The minimum Gasteiger partial charge on any atom is -0.494 e. The summed E-state index contributed by atoms with van der Waals surface area (Å²) >= 11 is 0. The van der Waals surface area contributed by atoms with Crippen molar-refractivity contribution in [2.24, 2.45) is 11.1 Å². The molecule has 1 aromatic rings. The third kappa shape index (κ3) is 5.30. The zero-order chi connectivity index (χ0) is 14.3. The van der Waals surface area contributed by atoms with E-state index in [1.807, 2.05) is 38.1 Å². The number of nitrogens with two attached hydrogens (primary N) is 1. The van der Waals surface area contributed by atoms with Gasteiger partial charge in [0.05, 0.1) is 12.4 Å². The van der Waals surface area contributed by atoms with Gasteiger partial charge >= 0.3 is 0 Å². The van der Waals surface area contributed by atoms with E-state index in [0.29, 0.717) is 13.0 Å². The van der Waals surface area contributed by atoms with E-state index in [4.69, 9.17) is 21.0 Å². The zero-order valence-corrected chi connectivity index (χ0v) is 11.8. The highest BCUT2D eigenvalue weighted by atomic mass is 16.5. The second kappa shape index (κ2) is 7.14. The van der Waals surface area contributed by atoms with Crippen LogP contribution in [0.25, 0.3) is 0 Å². The first-order valence-corrected chi connectivity index (χ1v) is 6.63. The minimum absolute atomic E-state index is 0.167. The molecule has 0 saturated carbocycles. The maximum atomic E-state index is 8.82. The molecular weight excluding hydrogens is 240 g/mol. The van der Waals surface area contributed by atoms with E-state index < -0.39 is 0 Å². The van der Waals surface area contributed by atoms with E-state index in [9.17, 15) is 0 Å². The minimum atomic E-state index is -0.256. The Labute approximate surface area is 115 Å². The summed E-state index contributed by atoms with van der Waals surface area (Å²) in [6.45, 7) is 4.73. The maximum absolute atomic E-state index is 8.82. The van der Waals surface area contributed by atoms with Gasteiger partial charge in [0.2, 0.25) is 0 Å². The summed E-state index contributed by atoms with van der Waals surface area (Å²) in [5.41, 5.74) is 6.38. The molecule has 0 aliphatic rings. The number of aliphatic hydroxyl groups excluding tert-OH is 1. The number of aliphatic hydroxyl groups is 1. The third-order valence-electron chi connectivity index (χ3n) is 3.27. The van der Waals surface area contributed by atoms with Crippen LogP contribution in [0, 0.1) is 10.8 Å². The average molecular weight is 264 g/mol. The molecule has 0 saturated heterocycles. The van der Waals surface area contributed by atoms with Gasteiger partial charge in [-0.05, 0) is 37.0 Å². The molecule has 0 heterocycles. The molecule has 0 atom stereocenters. The van der Waals surface area contributed by atoms with Crippen LogP contribution in [0.5, 0.6) is 5.75 Å². The van der Waals surface area contributed by atoms with Crippen molar-refractivity contribution in [2.75, 3.05) is 13.2 Å². The van der Waals surface area contributed by atoms with Gasteiger partial charge in [0.1, 0.15) is 5.75 Å². The van der Waals surface area contributed by atoms with Crippen LogP contribution >= 0.6 is 0 Å². The van der Waals surface area contributed by atoms with Crippen molar-refractivity contribution >= 4 is 5.84 Å². The summed E-state index contributed by atoms with van der Waals surface area (Å²) in [5, 5.41) is 16.3. The van der Waals surface area contributed by atoms with Gasteiger partial charge in [-0.15, -0.1) is 0 Å². The van der Waals surface area contributed by atoms with Crippen LogP contribution in [-0.2, 0) is 6.42 Å². The van der Waals surface area contributed by atoms with E-state index >= 15 is 0 Å². The van der Waals surface area contributed by atoms with Gasteiger partial charge in [-0.2, -0.15) is 0 Å². The summed E-state index contributed by atoms with van der Waals surface area (Å²) in [7, 11) is 0. The Bertz CT molecular complexity index is 399. The van der Waals surface area contributed by atoms with E-state index in [1.54, 1.807) is 0 Å². The van der Waals surface area contributed by atoms with Gasteiger partial charge in [0, 0.05) is 12.0 Å². The van der Waals surface area contributed by atoms with Crippen LogP contribution in [0.1, 0.15) is 32.3 Å². The number of hydrogen-bond donors (Lipinski definition) is 3. The molecule has 0 spiro atoms. The van der Waals surface area contributed by atoms with Crippen molar-refractivity contribution in [2.45, 2.75) is 33.1 Å². The SMILES string of the molecule is CC(C)(CCCOc1ccc(CCO)cc1)C(=N)N. The second-order valence-corrected chi connectivity index (χ2v) is 5.37. The largest absolute Gasteiger partial charge is 0.494 e. The predicted molar refractivity (Wildman–Crippen MR) is 77.7 cm³/mol. The molecule has 1 aromatic carbocycles. The molecule has 4 N–H and O–H groups in total. The average Bonchev–Trinajstić information content (AvgIpc) is 2.37. The Morgan fingerprint density at radius 1 is 1.32 bits per heavy atom. The molecular formula is C15H24N2O2. The third-order valence-corrected chi connectivity index (χ3v) is 3.27. The Balaban J connectivity index is 2.31. The highest BCUT2D eigenvalue weighted by molar-refractivity contribution is 5.82. The van der Waals surface area contributed by atoms with E-state index in [1.165, 1.54) is 0 Å². The van der Waals surface area contributed by atoms with Crippen molar-refractivity contribution < 1.29 is 9.84 Å². The van der Waals surface area contributed by atoms with E-state index in [0.717, 1.165) is 24.2 Å². The van der Waals surface area contributed by atoms with Gasteiger partial charge in [-0.3, -0.25) is 5.41 Å². The Kier molecular flexibility index (Phi) is 5.83. The molecule has 0 aliphatic heterocycles. The van der Waals surface area contributed by atoms with Gasteiger partial charge in [0.25, 0.3) is 0 Å². The van der Waals surface area contributed by atoms with Crippen LogP contribution in [0.15, 0.2) is 24.3 Å². The van der Waals surface area contributed by atoms with Gasteiger partial charge < -0.3 is 15.6 Å². The first-order valence-electron chi connectivity index (χ1n) is 6.63. The van der Waals surface area contributed by atoms with Gasteiger partial charge in [0.15, 0.2) is 0 Å². The molecule has 0 unspecified atom stereocenters. The first-order chi connectivity index (χ1) is 8.95. The maximum Gasteiger partial charge on any atom is 0.119 e. The molecule has 19 heavy (non-hydrogen) atoms. The van der Waals surface area contributed by atoms with Crippen LogP contribution < -0.4 is 10.5 Å². The number of rotatable bonds is 8. The Morgan fingerprint density at radius 2 is 1.95 bits per heavy atom. The smallest absolute Gasteiger partial charge is 0.119 e. The van der Waals surface area contributed by atoms with Crippen LogP contribution in [-0.4, -0.2) is 24.2 Å². The Hall–Kier alpha value is -1.55. The number of hydrogen-bond acceptors (Lipinski definition) is 3. The van der Waals surface area contributed by atoms with Crippen molar-refractivity contribution in [1.29, 1.82) is 5.41 Å². The number of benzene rings is 1. The van der Waals surface area contributed by atoms with Crippen LogP contribution in [0.3, 0.4) is 0 Å². The predicted octanol–water partition coefficient (Wildman–Crippen LogP) is 2.34. The van der Waals surface area contributed by atoms with Crippen molar-refractivity contribution in [3.63, 3.8) is 0 Å². The molecule has 106 valence electrons. The summed E-state index contributed by atoms with van der Waals surface area (Å²) in [5.74, 6) is 1.06. The van der Waals surface area contributed by atoms with Crippen LogP contribution in [0.2, 0.25) is 0 Å². The lowest BCUT2D eigenvalue weighted by molar-refractivity contribution is 0.286. The normalized spacial score (nSPS) is 11.3. The molecule has 0 fully saturated rings. The summed E-state index contributed by atoms with van der Waals surface area (Å²) in [6, 6.07) is 7.76. The molecule has 0 amide bonds. The quantitative estimate of drug-likeness (QED) is 0.383. The topological polar surface area (TPSA) is 79.3 Å². The lowest BCUT2D eigenvalue weighted by atomic mass is 9.87.